The molecule has 0 bridgehead atoms. The first-order valence-corrected chi connectivity index (χ1v) is 8.61. The molecule has 0 radical (unpaired) electrons. The number of nitrogens with zero attached hydrogens (tertiary/aromatic N) is 3. The molecule has 0 aliphatic carbocycles. The van der Waals surface area contributed by atoms with Crippen molar-refractivity contribution in [3.05, 3.63) is 18.0 Å². The number of hydrogen-bond acceptors (Lipinski definition) is 3. The fourth-order valence-corrected chi connectivity index (χ4v) is 3.36. The van der Waals surface area contributed by atoms with E-state index in [0.717, 1.165) is 25.6 Å². The number of nitrogens with one attached hydrogen (secondary N) is 1. The average Bonchev–Trinajstić information content (AvgIpc) is 2.89. The highest BCUT2D eigenvalue weighted by molar-refractivity contribution is 5.05. The predicted molar refractivity (Wildman–Crippen MR) is 88.3 cm³/mol. The van der Waals surface area contributed by atoms with Crippen molar-refractivity contribution < 1.29 is 0 Å². The van der Waals surface area contributed by atoms with Crippen molar-refractivity contribution >= 4 is 0 Å². The van der Waals surface area contributed by atoms with Gasteiger partial charge in [0.1, 0.15) is 0 Å². The van der Waals surface area contributed by atoms with Gasteiger partial charge < -0.3 is 5.32 Å². The molecule has 1 N–H and O–H groups in total. The monoisotopic (exact) mass is 292 g/mol. The lowest BCUT2D eigenvalue weighted by Gasteiger charge is -2.41. The van der Waals surface area contributed by atoms with Crippen LogP contribution >= 0.6 is 0 Å². The third kappa shape index (κ3) is 4.82. The maximum absolute atomic E-state index is 4.41. The summed E-state index contributed by atoms with van der Waals surface area (Å²) in [6.45, 7) is 13.3. The summed E-state index contributed by atoms with van der Waals surface area (Å²) in [7, 11) is 0. The molecule has 2 heterocycles. The van der Waals surface area contributed by atoms with Gasteiger partial charge in [0.2, 0.25) is 0 Å². The second kappa shape index (κ2) is 7.95. The van der Waals surface area contributed by atoms with Crippen molar-refractivity contribution in [2.45, 2.75) is 72.1 Å². The molecule has 1 aliphatic rings. The zero-order valence-corrected chi connectivity index (χ0v) is 14.2. The lowest BCUT2D eigenvalue weighted by molar-refractivity contribution is 0.107. The summed E-state index contributed by atoms with van der Waals surface area (Å²) < 4.78 is 2.03. The van der Waals surface area contributed by atoms with E-state index < -0.39 is 0 Å². The molecule has 0 aromatic carbocycles. The van der Waals surface area contributed by atoms with E-state index >= 15 is 0 Å². The predicted octanol–water partition coefficient (Wildman–Crippen LogP) is 2.89. The van der Waals surface area contributed by atoms with Crippen LogP contribution in [-0.2, 0) is 13.1 Å². The van der Waals surface area contributed by atoms with E-state index in [1.807, 2.05) is 10.9 Å². The second-order valence-electron chi connectivity index (χ2n) is 6.81. The number of aromatic nitrogens is 2. The van der Waals surface area contributed by atoms with Crippen molar-refractivity contribution in [2.24, 2.45) is 5.92 Å². The van der Waals surface area contributed by atoms with Crippen molar-refractivity contribution in [3.8, 4) is 0 Å². The van der Waals surface area contributed by atoms with Gasteiger partial charge in [0.05, 0.1) is 6.20 Å². The molecule has 120 valence electrons. The average molecular weight is 292 g/mol. The number of rotatable bonds is 7. The van der Waals surface area contributed by atoms with Gasteiger partial charge in [-0.3, -0.25) is 9.58 Å². The van der Waals surface area contributed by atoms with Gasteiger partial charge in [-0.15, -0.1) is 0 Å². The molecule has 2 rings (SSSR count). The Labute approximate surface area is 129 Å². The summed E-state index contributed by atoms with van der Waals surface area (Å²) in [6.07, 6.45) is 8.04. The van der Waals surface area contributed by atoms with Crippen molar-refractivity contribution in [2.75, 3.05) is 13.1 Å². The molecule has 2 unspecified atom stereocenters. The smallest absolute Gasteiger partial charge is 0.0534 e. The summed E-state index contributed by atoms with van der Waals surface area (Å²) in [5.41, 5.74) is 1.35. The number of hydrogen-bond donors (Lipinski definition) is 1. The zero-order chi connectivity index (χ0) is 15.2. The molecule has 1 aliphatic heterocycles. The number of aryl methyl sites for hydroxylation is 1. The Morgan fingerprint density at radius 2 is 2.19 bits per heavy atom. The van der Waals surface area contributed by atoms with Crippen LogP contribution < -0.4 is 5.32 Å². The lowest BCUT2D eigenvalue weighted by Crippen LogP contribution is -2.56. The van der Waals surface area contributed by atoms with Crippen LogP contribution in [0.2, 0.25) is 0 Å². The molecular formula is C17H32N4. The Morgan fingerprint density at radius 3 is 2.81 bits per heavy atom. The quantitative estimate of drug-likeness (QED) is 0.839. The Morgan fingerprint density at radius 1 is 1.38 bits per heavy atom. The molecule has 4 nitrogen and oxygen atoms in total. The van der Waals surface area contributed by atoms with Gasteiger partial charge in [-0.2, -0.15) is 5.10 Å². The van der Waals surface area contributed by atoms with Crippen LogP contribution in [0.3, 0.4) is 0 Å². The van der Waals surface area contributed by atoms with Gasteiger partial charge in [0.25, 0.3) is 0 Å². The summed E-state index contributed by atoms with van der Waals surface area (Å²) in [5.74, 6) is 0.759. The standard InChI is InChI=1S/C17H32N4/c1-5-7-17-10-18-16(8-14(3)4)13-20(17)11-15-9-19-21(6-2)12-15/h9,12,14,16-18H,5-8,10-11,13H2,1-4H3. The highest BCUT2D eigenvalue weighted by Crippen LogP contribution is 2.19. The molecular weight excluding hydrogens is 260 g/mol. The minimum atomic E-state index is 0.638. The third-order valence-corrected chi connectivity index (χ3v) is 4.39. The second-order valence-corrected chi connectivity index (χ2v) is 6.81. The van der Waals surface area contributed by atoms with E-state index in [1.165, 1.54) is 31.4 Å². The van der Waals surface area contributed by atoms with E-state index in [-0.39, 0.29) is 0 Å². The van der Waals surface area contributed by atoms with Crippen LogP contribution in [0.15, 0.2) is 12.4 Å². The Balaban J connectivity index is 1.99. The van der Waals surface area contributed by atoms with Crippen LogP contribution in [0, 0.1) is 5.92 Å². The SMILES string of the molecule is CCCC1CNC(CC(C)C)CN1Cc1cnn(CC)c1. The topological polar surface area (TPSA) is 33.1 Å². The van der Waals surface area contributed by atoms with Crippen molar-refractivity contribution in [1.82, 2.24) is 20.0 Å². The molecule has 4 heteroatoms. The fraction of sp³-hybridized carbons (Fsp3) is 0.824. The Hall–Kier alpha value is -0.870. The van der Waals surface area contributed by atoms with E-state index in [4.69, 9.17) is 0 Å². The first kappa shape index (κ1) is 16.5. The van der Waals surface area contributed by atoms with Crippen LogP contribution in [0.5, 0.6) is 0 Å². The van der Waals surface area contributed by atoms with Crippen molar-refractivity contribution in [1.29, 1.82) is 0 Å². The van der Waals surface area contributed by atoms with E-state index in [9.17, 15) is 0 Å². The molecule has 1 fully saturated rings. The third-order valence-electron chi connectivity index (χ3n) is 4.39. The molecule has 21 heavy (non-hydrogen) atoms. The summed E-state index contributed by atoms with van der Waals surface area (Å²) in [4.78, 5) is 2.67. The maximum Gasteiger partial charge on any atom is 0.0534 e. The Kier molecular flexibility index (Phi) is 6.24. The molecule has 0 spiro atoms. The van der Waals surface area contributed by atoms with Gasteiger partial charge in [-0.05, 0) is 25.7 Å². The molecule has 2 atom stereocenters. The van der Waals surface area contributed by atoms with Crippen LogP contribution in [0.4, 0.5) is 0 Å². The van der Waals surface area contributed by atoms with Crippen LogP contribution in [0.1, 0.15) is 52.5 Å². The molecule has 1 aromatic heterocycles. The Bertz CT molecular complexity index is 413. The fourth-order valence-electron chi connectivity index (χ4n) is 3.36. The van der Waals surface area contributed by atoms with Gasteiger partial charge in [-0.1, -0.05) is 27.2 Å². The largest absolute Gasteiger partial charge is 0.311 e. The summed E-state index contributed by atoms with van der Waals surface area (Å²) in [6, 6.07) is 1.31. The van der Waals surface area contributed by atoms with Crippen LogP contribution in [-0.4, -0.2) is 39.9 Å². The lowest BCUT2D eigenvalue weighted by atomic mass is 9.98. The molecule has 1 aromatic rings. The first-order chi connectivity index (χ1) is 10.1. The van der Waals surface area contributed by atoms with Crippen molar-refractivity contribution in [3.63, 3.8) is 0 Å². The summed E-state index contributed by atoms with van der Waals surface area (Å²) in [5, 5.41) is 8.17. The van der Waals surface area contributed by atoms with Gasteiger partial charge >= 0.3 is 0 Å². The first-order valence-electron chi connectivity index (χ1n) is 8.61. The minimum absolute atomic E-state index is 0.638. The normalized spacial score (nSPS) is 23.9. The van der Waals surface area contributed by atoms with Crippen LogP contribution in [0.25, 0.3) is 0 Å². The number of piperazine rings is 1. The highest BCUT2D eigenvalue weighted by atomic mass is 15.3. The molecule has 0 saturated carbocycles. The molecule has 1 saturated heterocycles. The van der Waals surface area contributed by atoms with Gasteiger partial charge in [0.15, 0.2) is 0 Å². The molecule has 0 amide bonds. The minimum Gasteiger partial charge on any atom is -0.311 e. The van der Waals surface area contributed by atoms with Gasteiger partial charge in [0, 0.05) is 50.0 Å². The summed E-state index contributed by atoms with van der Waals surface area (Å²) >= 11 is 0. The van der Waals surface area contributed by atoms with E-state index in [0.29, 0.717) is 12.1 Å². The zero-order valence-electron chi connectivity index (χ0n) is 14.2. The maximum atomic E-state index is 4.41. The highest BCUT2D eigenvalue weighted by Gasteiger charge is 2.27. The van der Waals surface area contributed by atoms with Gasteiger partial charge in [-0.25, -0.2) is 0 Å². The van der Waals surface area contributed by atoms with E-state index in [1.54, 1.807) is 0 Å². The van der Waals surface area contributed by atoms with E-state index in [2.05, 4.69) is 49.2 Å².